The van der Waals surface area contributed by atoms with Gasteiger partial charge in [-0.2, -0.15) is 0 Å². The lowest BCUT2D eigenvalue weighted by Crippen LogP contribution is -2.53. The van der Waals surface area contributed by atoms with E-state index in [0.717, 1.165) is 25.2 Å². The van der Waals surface area contributed by atoms with Gasteiger partial charge in [0.1, 0.15) is 5.15 Å². The topological polar surface area (TPSA) is 45.6 Å². The Bertz CT molecular complexity index is 412. The van der Waals surface area contributed by atoms with Crippen LogP contribution in [0.2, 0.25) is 5.15 Å². The van der Waals surface area contributed by atoms with E-state index in [0.29, 0.717) is 5.15 Å². The first-order chi connectivity index (χ1) is 8.48. The van der Waals surface area contributed by atoms with Crippen LogP contribution in [0.4, 0.5) is 0 Å². The van der Waals surface area contributed by atoms with Gasteiger partial charge >= 0.3 is 0 Å². The van der Waals surface area contributed by atoms with Gasteiger partial charge in [-0.1, -0.05) is 11.6 Å². The van der Waals surface area contributed by atoms with Crippen molar-refractivity contribution >= 4 is 11.6 Å². The lowest BCUT2D eigenvalue weighted by Gasteiger charge is -2.42. The number of nitrogens with zero attached hydrogens (tertiary/aromatic N) is 2. The molecule has 1 aromatic heterocycles. The van der Waals surface area contributed by atoms with Crippen LogP contribution in [0.3, 0.4) is 0 Å². The highest BCUT2D eigenvalue weighted by molar-refractivity contribution is 6.29. The number of morpholine rings is 1. The highest BCUT2D eigenvalue weighted by Gasteiger charge is 2.32. The van der Waals surface area contributed by atoms with E-state index >= 15 is 0 Å². The second-order valence-corrected chi connectivity index (χ2v) is 5.73. The van der Waals surface area contributed by atoms with Gasteiger partial charge in [-0.15, -0.1) is 0 Å². The molecule has 0 aromatic carbocycles. The lowest BCUT2D eigenvalue weighted by molar-refractivity contribution is -0.150. The molecule has 0 aliphatic carbocycles. The highest BCUT2D eigenvalue weighted by Crippen LogP contribution is 2.22. The van der Waals surface area contributed by atoms with Gasteiger partial charge in [-0.3, -0.25) is 4.90 Å². The lowest BCUT2D eigenvalue weighted by atomic mass is 10.0. The fourth-order valence-corrected chi connectivity index (χ4v) is 2.63. The number of rotatable bonds is 3. The molecule has 1 saturated heterocycles. The third-order valence-electron chi connectivity index (χ3n) is 2.95. The summed E-state index contributed by atoms with van der Waals surface area (Å²) in [6.07, 6.45) is 1.60. The number of pyridine rings is 1. The van der Waals surface area contributed by atoms with Crippen LogP contribution in [0, 0.1) is 0 Å². The van der Waals surface area contributed by atoms with Crippen LogP contribution in [-0.2, 0) is 11.3 Å². The van der Waals surface area contributed by atoms with Crippen LogP contribution in [0.1, 0.15) is 19.4 Å². The summed E-state index contributed by atoms with van der Waals surface area (Å²) in [5, 5.41) is 9.78. The van der Waals surface area contributed by atoms with Gasteiger partial charge in [0.15, 0.2) is 0 Å². The average molecular weight is 271 g/mol. The van der Waals surface area contributed by atoms with Crippen LogP contribution in [0.15, 0.2) is 18.3 Å². The summed E-state index contributed by atoms with van der Waals surface area (Å²) in [6.45, 7) is 6.51. The van der Waals surface area contributed by atoms with Crippen molar-refractivity contribution in [1.29, 1.82) is 0 Å². The van der Waals surface area contributed by atoms with E-state index in [4.69, 9.17) is 16.3 Å². The summed E-state index contributed by atoms with van der Waals surface area (Å²) in [6, 6.07) is 3.83. The number of hydrogen-bond acceptors (Lipinski definition) is 4. The number of halogens is 1. The Morgan fingerprint density at radius 2 is 2.39 bits per heavy atom. The van der Waals surface area contributed by atoms with Crippen LogP contribution in [0.5, 0.6) is 0 Å². The van der Waals surface area contributed by atoms with Crippen LogP contribution in [-0.4, -0.2) is 46.4 Å². The smallest absolute Gasteiger partial charge is 0.129 e. The molecule has 2 heterocycles. The molecular weight excluding hydrogens is 252 g/mol. The molecule has 1 fully saturated rings. The first-order valence-electron chi connectivity index (χ1n) is 6.10. The molecule has 5 heteroatoms. The zero-order chi connectivity index (χ0) is 13.2. The Morgan fingerprint density at radius 1 is 1.61 bits per heavy atom. The van der Waals surface area contributed by atoms with E-state index in [1.807, 2.05) is 26.0 Å². The quantitative estimate of drug-likeness (QED) is 0.850. The van der Waals surface area contributed by atoms with Gasteiger partial charge in [0.25, 0.3) is 0 Å². The summed E-state index contributed by atoms with van der Waals surface area (Å²) < 4.78 is 5.78. The molecule has 0 saturated carbocycles. The Kier molecular flexibility index (Phi) is 4.22. The molecule has 18 heavy (non-hydrogen) atoms. The van der Waals surface area contributed by atoms with Gasteiger partial charge < -0.3 is 9.84 Å². The SMILES string of the molecule is CC1(C)CN(Cc2ccnc(Cl)c2)CC(CO)O1. The van der Waals surface area contributed by atoms with Gasteiger partial charge in [0.2, 0.25) is 0 Å². The molecular formula is C13H19ClN2O2. The minimum absolute atomic E-state index is 0.0526. The molecule has 1 N–H and O–H groups in total. The van der Waals surface area contributed by atoms with Gasteiger partial charge in [-0.25, -0.2) is 4.98 Å². The molecule has 4 nitrogen and oxygen atoms in total. The number of hydrogen-bond donors (Lipinski definition) is 1. The molecule has 1 aliphatic heterocycles. The largest absolute Gasteiger partial charge is 0.394 e. The van der Waals surface area contributed by atoms with E-state index in [-0.39, 0.29) is 18.3 Å². The van der Waals surface area contributed by atoms with Crippen molar-refractivity contribution in [3.8, 4) is 0 Å². The van der Waals surface area contributed by atoms with E-state index < -0.39 is 0 Å². The minimum atomic E-state index is -0.234. The fourth-order valence-electron chi connectivity index (χ4n) is 2.43. The Labute approximate surface area is 113 Å². The van der Waals surface area contributed by atoms with E-state index in [2.05, 4.69) is 9.88 Å². The summed E-state index contributed by atoms with van der Waals surface area (Å²) >= 11 is 5.88. The van der Waals surface area contributed by atoms with Crippen molar-refractivity contribution < 1.29 is 9.84 Å². The number of aromatic nitrogens is 1. The van der Waals surface area contributed by atoms with Crippen molar-refractivity contribution in [2.45, 2.75) is 32.1 Å². The molecule has 1 aliphatic rings. The number of ether oxygens (including phenoxy) is 1. The summed E-state index contributed by atoms with van der Waals surface area (Å²) in [5.41, 5.74) is 0.895. The van der Waals surface area contributed by atoms with Crippen molar-refractivity contribution in [3.05, 3.63) is 29.0 Å². The summed E-state index contributed by atoms with van der Waals surface area (Å²) in [4.78, 5) is 6.25. The maximum absolute atomic E-state index is 9.27. The standard InChI is InChI=1S/C13H19ClN2O2/c1-13(2)9-16(7-11(8-17)18-13)6-10-3-4-15-12(14)5-10/h3-5,11,17H,6-9H2,1-2H3. The van der Waals surface area contributed by atoms with Gasteiger partial charge in [0, 0.05) is 25.8 Å². The Hall–Kier alpha value is -0.680. The molecule has 1 atom stereocenters. The van der Waals surface area contributed by atoms with Crippen molar-refractivity contribution in [1.82, 2.24) is 9.88 Å². The molecule has 0 radical (unpaired) electrons. The maximum atomic E-state index is 9.27. The second kappa shape index (κ2) is 5.53. The van der Waals surface area contributed by atoms with Crippen LogP contribution < -0.4 is 0 Å². The maximum Gasteiger partial charge on any atom is 0.129 e. The summed E-state index contributed by atoms with van der Waals surface area (Å²) in [5.74, 6) is 0. The number of aliphatic hydroxyl groups excluding tert-OH is 1. The molecule has 0 spiro atoms. The molecule has 0 bridgehead atoms. The van der Waals surface area contributed by atoms with Crippen molar-refractivity contribution in [3.63, 3.8) is 0 Å². The molecule has 2 rings (SSSR count). The Morgan fingerprint density at radius 3 is 3.06 bits per heavy atom. The predicted octanol–water partition coefficient (Wildman–Crippen LogP) is 1.71. The highest BCUT2D eigenvalue weighted by atomic mass is 35.5. The molecule has 0 amide bonds. The van der Waals surface area contributed by atoms with Crippen LogP contribution >= 0.6 is 11.6 Å². The Balaban J connectivity index is 2.04. The zero-order valence-corrected chi connectivity index (χ0v) is 11.5. The van der Waals surface area contributed by atoms with E-state index in [9.17, 15) is 5.11 Å². The number of aliphatic hydroxyl groups is 1. The zero-order valence-electron chi connectivity index (χ0n) is 10.8. The first-order valence-corrected chi connectivity index (χ1v) is 6.48. The fraction of sp³-hybridized carbons (Fsp3) is 0.615. The van der Waals surface area contributed by atoms with E-state index in [1.165, 1.54) is 0 Å². The normalized spacial score (nSPS) is 24.1. The van der Waals surface area contributed by atoms with Gasteiger partial charge in [-0.05, 0) is 31.5 Å². The monoisotopic (exact) mass is 270 g/mol. The molecule has 1 aromatic rings. The average Bonchev–Trinajstić information content (AvgIpc) is 2.26. The third kappa shape index (κ3) is 3.65. The third-order valence-corrected chi connectivity index (χ3v) is 3.16. The van der Waals surface area contributed by atoms with Crippen molar-refractivity contribution in [2.24, 2.45) is 0 Å². The molecule has 1 unspecified atom stereocenters. The predicted molar refractivity (Wildman–Crippen MR) is 70.6 cm³/mol. The van der Waals surface area contributed by atoms with Crippen LogP contribution in [0.25, 0.3) is 0 Å². The first kappa shape index (κ1) is 13.7. The van der Waals surface area contributed by atoms with Crippen molar-refractivity contribution in [2.75, 3.05) is 19.7 Å². The minimum Gasteiger partial charge on any atom is -0.394 e. The molecule has 100 valence electrons. The van der Waals surface area contributed by atoms with E-state index in [1.54, 1.807) is 6.20 Å². The summed E-state index contributed by atoms with van der Waals surface area (Å²) in [7, 11) is 0. The van der Waals surface area contributed by atoms with Gasteiger partial charge in [0.05, 0.1) is 18.3 Å². The second-order valence-electron chi connectivity index (χ2n) is 5.34.